The molecule has 0 aromatic heterocycles. The summed E-state index contributed by atoms with van der Waals surface area (Å²) in [5.74, 6) is 0.253. The molecule has 0 aliphatic rings. The number of benzene rings is 1. The zero-order chi connectivity index (χ0) is 10.7. The molecular weight excluding hydrogens is 263 g/mol. The van der Waals surface area contributed by atoms with Crippen molar-refractivity contribution in [2.45, 2.75) is 20.3 Å². The molecule has 1 aromatic carbocycles. The summed E-state index contributed by atoms with van der Waals surface area (Å²) >= 11 is 9.20. The molecule has 0 radical (unpaired) electrons. The molecule has 0 amide bonds. The zero-order valence-electron chi connectivity index (χ0n) is 8.14. The van der Waals surface area contributed by atoms with Gasteiger partial charge in [-0.15, -0.1) is 0 Å². The molecular formula is C11H12BrClO. The molecule has 0 heterocycles. The third kappa shape index (κ3) is 2.52. The number of phenols is 1. The maximum atomic E-state index is 9.68. The Bertz CT molecular complexity index is 372. The topological polar surface area (TPSA) is 20.2 Å². The van der Waals surface area contributed by atoms with Gasteiger partial charge in [-0.25, -0.2) is 0 Å². The lowest BCUT2D eigenvalue weighted by Gasteiger charge is -2.06. The van der Waals surface area contributed by atoms with Crippen LogP contribution in [0.4, 0.5) is 0 Å². The van der Waals surface area contributed by atoms with E-state index in [-0.39, 0.29) is 5.75 Å². The van der Waals surface area contributed by atoms with Crippen LogP contribution in [-0.2, 0) is 0 Å². The van der Waals surface area contributed by atoms with Gasteiger partial charge in [0.25, 0.3) is 0 Å². The summed E-state index contributed by atoms with van der Waals surface area (Å²) in [6.07, 6.45) is 3.00. The third-order valence-corrected chi connectivity index (χ3v) is 3.17. The van der Waals surface area contributed by atoms with Crippen molar-refractivity contribution in [1.29, 1.82) is 0 Å². The van der Waals surface area contributed by atoms with Crippen molar-refractivity contribution in [3.8, 4) is 5.75 Å². The van der Waals surface area contributed by atoms with Crippen LogP contribution in [0, 0.1) is 0 Å². The van der Waals surface area contributed by atoms with E-state index in [1.54, 1.807) is 12.1 Å². The van der Waals surface area contributed by atoms with E-state index in [0.29, 0.717) is 9.50 Å². The van der Waals surface area contributed by atoms with Gasteiger partial charge in [-0.3, -0.25) is 0 Å². The fourth-order valence-electron chi connectivity index (χ4n) is 1.27. The van der Waals surface area contributed by atoms with Crippen LogP contribution in [0.3, 0.4) is 0 Å². The number of rotatable bonds is 2. The molecule has 0 atom stereocenters. The van der Waals surface area contributed by atoms with Gasteiger partial charge in [0.2, 0.25) is 0 Å². The molecule has 0 unspecified atom stereocenters. The number of allylic oxidation sites excluding steroid dienone is 2. The second kappa shape index (κ2) is 4.85. The first-order chi connectivity index (χ1) is 6.56. The van der Waals surface area contributed by atoms with Gasteiger partial charge in [-0.05, 0) is 47.0 Å². The Morgan fingerprint density at radius 3 is 2.79 bits per heavy atom. The molecule has 0 fully saturated rings. The zero-order valence-corrected chi connectivity index (χ0v) is 10.5. The monoisotopic (exact) mass is 274 g/mol. The van der Waals surface area contributed by atoms with E-state index in [4.69, 9.17) is 11.6 Å². The van der Waals surface area contributed by atoms with Gasteiger partial charge in [0.05, 0.1) is 5.02 Å². The maximum Gasteiger partial charge on any atom is 0.124 e. The Morgan fingerprint density at radius 1 is 1.57 bits per heavy atom. The van der Waals surface area contributed by atoms with E-state index in [9.17, 15) is 5.11 Å². The van der Waals surface area contributed by atoms with Gasteiger partial charge in [0.15, 0.2) is 0 Å². The summed E-state index contributed by atoms with van der Waals surface area (Å²) < 4.78 is 0.713. The quantitative estimate of drug-likeness (QED) is 0.835. The average molecular weight is 276 g/mol. The number of phenolic OH excluding ortho intramolecular Hbond substituents is 1. The highest BCUT2D eigenvalue weighted by Crippen LogP contribution is 2.33. The maximum absolute atomic E-state index is 9.68. The Hall–Kier alpha value is -0.470. The molecule has 0 bridgehead atoms. The number of aromatic hydroxyl groups is 1. The molecule has 3 heteroatoms. The predicted molar refractivity (Wildman–Crippen MR) is 64.8 cm³/mol. The first-order valence-electron chi connectivity index (χ1n) is 4.41. The van der Waals surface area contributed by atoms with Crippen molar-refractivity contribution in [2.75, 3.05) is 0 Å². The second-order valence-electron chi connectivity index (χ2n) is 3.08. The highest BCUT2D eigenvalue weighted by atomic mass is 79.9. The van der Waals surface area contributed by atoms with Crippen molar-refractivity contribution in [3.63, 3.8) is 0 Å². The van der Waals surface area contributed by atoms with Crippen LogP contribution < -0.4 is 0 Å². The number of hydrogen-bond donors (Lipinski definition) is 1. The van der Waals surface area contributed by atoms with Crippen molar-refractivity contribution < 1.29 is 5.11 Å². The largest absolute Gasteiger partial charge is 0.507 e. The first-order valence-corrected chi connectivity index (χ1v) is 5.58. The molecule has 1 nitrogen and oxygen atoms in total. The van der Waals surface area contributed by atoms with Crippen molar-refractivity contribution in [3.05, 3.63) is 33.3 Å². The molecule has 0 aliphatic heterocycles. The van der Waals surface area contributed by atoms with Crippen molar-refractivity contribution in [1.82, 2.24) is 0 Å². The van der Waals surface area contributed by atoms with E-state index >= 15 is 0 Å². The fourth-order valence-corrected chi connectivity index (χ4v) is 1.76. The molecule has 1 N–H and O–H groups in total. The molecule has 0 saturated carbocycles. The fraction of sp³-hybridized carbons (Fsp3) is 0.273. The lowest BCUT2D eigenvalue weighted by Crippen LogP contribution is -1.82. The predicted octanol–water partition coefficient (Wildman–Crippen LogP) is 4.62. The minimum atomic E-state index is 0.253. The summed E-state index contributed by atoms with van der Waals surface area (Å²) in [5, 5.41) is 10.3. The van der Waals surface area contributed by atoms with Crippen LogP contribution >= 0.6 is 27.5 Å². The van der Waals surface area contributed by atoms with Crippen molar-refractivity contribution in [2.24, 2.45) is 0 Å². The number of hydrogen-bond acceptors (Lipinski definition) is 1. The van der Waals surface area contributed by atoms with Gasteiger partial charge in [0.1, 0.15) is 5.75 Å². The Labute approximate surface area is 97.5 Å². The summed E-state index contributed by atoms with van der Waals surface area (Å²) in [6, 6.07) is 3.38. The summed E-state index contributed by atoms with van der Waals surface area (Å²) in [7, 11) is 0. The van der Waals surface area contributed by atoms with Crippen LogP contribution in [0.5, 0.6) is 5.75 Å². The summed E-state index contributed by atoms with van der Waals surface area (Å²) in [5.41, 5.74) is 1.83. The molecule has 0 spiro atoms. The average Bonchev–Trinajstić information content (AvgIpc) is 2.11. The normalized spacial score (nSPS) is 11.9. The van der Waals surface area contributed by atoms with E-state index in [1.807, 2.05) is 6.92 Å². The number of halogens is 2. The molecule has 1 aromatic rings. The van der Waals surface area contributed by atoms with Crippen LogP contribution in [0.1, 0.15) is 25.8 Å². The first kappa shape index (κ1) is 11.6. The van der Waals surface area contributed by atoms with Gasteiger partial charge < -0.3 is 5.11 Å². The van der Waals surface area contributed by atoms with Gasteiger partial charge in [0, 0.05) is 10.0 Å². The third-order valence-electron chi connectivity index (χ3n) is 1.97. The van der Waals surface area contributed by atoms with E-state index < -0.39 is 0 Å². The summed E-state index contributed by atoms with van der Waals surface area (Å²) in [6.45, 7) is 4.02. The minimum Gasteiger partial charge on any atom is -0.507 e. The molecule has 14 heavy (non-hydrogen) atoms. The Kier molecular flexibility index (Phi) is 4.02. The van der Waals surface area contributed by atoms with Crippen LogP contribution in [-0.4, -0.2) is 5.11 Å². The standard InChI is InChI=1S/C11H12BrClO/c1-3-4-7(2)8-5-10(13)9(12)6-11(8)14/h4-6,14H,3H2,1-2H3. The smallest absolute Gasteiger partial charge is 0.124 e. The second-order valence-corrected chi connectivity index (χ2v) is 4.34. The van der Waals surface area contributed by atoms with E-state index in [0.717, 1.165) is 17.6 Å². The van der Waals surface area contributed by atoms with Gasteiger partial charge >= 0.3 is 0 Å². The van der Waals surface area contributed by atoms with E-state index in [2.05, 4.69) is 28.9 Å². The SMILES string of the molecule is CCC=C(C)c1cc(Cl)c(Br)cc1O. The molecule has 0 aliphatic carbocycles. The minimum absolute atomic E-state index is 0.253. The molecule has 1 rings (SSSR count). The van der Waals surface area contributed by atoms with E-state index in [1.165, 1.54) is 0 Å². The lowest BCUT2D eigenvalue weighted by atomic mass is 10.1. The Morgan fingerprint density at radius 2 is 2.21 bits per heavy atom. The van der Waals surface area contributed by atoms with Crippen LogP contribution in [0.15, 0.2) is 22.7 Å². The van der Waals surface area contributed by atoms with Crippen molar-refractivity contribution >= 4 is 33.1 Å². The molecule has 76 valence electrons. The lowest BCUT2D eigenvalue weighted by molar-refractivity contribution is 0.473. The molecule has 0 saturated heterocycles. The van der Waals surface area contributed by atoms with Gasteiger partial charge in [-0.1, -0.05) is 24.6 Å². The highest BCUT2D eigenvalue weighted by molar-refractivity contribution is 9.10. The van der Waals surface area contributed by atoms with Gasteiger partial charge in [-0.2, -0.15) is 0 Å². The highest BCUT2D eigenvalue weighted by Gasteiger charge is 2.07. The van der Waals surface area contributed by atoms with Crippen LogP contribution in [0.25, 0.3) is 5.57 Å². The van der Waals surface area contributed by atoms with Crippen LogP contribution in [0.2, 0.25) is 5.02 Å². The summed E-state index contributed by atoms with van der Waals surface area (Å²) in [4.78, 5) is 0. The Balaban J connectivity index is 3.22.